The van der Waals surface area contributed by atoms with E-state index in [-0.39, 0.29) is 0 Å². The molecule has 110 valence electrons. The third-order valence-electron chi connectivity index (χ3n) is 3.84. The Morgan fingerprint density at radius 1 is 1.10 bits per heavy atom. The molecule has 1 fully saturated rings. The Morgan fingerprint density at radius 3 is 2.67 bits per heavy atom. The third kappa shape index (κ3) is 3.53. The van der Waals surface area contributed by atoms with Crippen molar-refractivity contribution in [2.45, 2.75) is 19.4 Å². The van der Waals surface area contributed by atoms with E-state index in [4.69, 9.17) is 11.6 Å². The molecule has 0 aliphatic carbocycles. The average Bonchev–Trinajstić information content (AvgIpc) is 3.03. The molecule has 0 unspecified atom stereocenters. The zero-order valence-corrected chi connectivity index (χ0v) is 14.1. The third-order valence-corrected chi connectivity index (χ3v) is 4.66. The Balaban J connectivity index is 1.77. The number of benzene rings is 2. The minimum absolute atomic E-state index is 0.747. The van der Waals surface area contributed by atoms with Gasteiger partial charge in [-0.15, -0.1) is 0 Å². The highest BCUT2D eigenvalue weighted by Crippen LogP contribution is 2.28. The predicted molar refractivity (Wildman–Crippen MR) is 94.4 cm³/mol. The summed E-state index contributed by atoms with van der Waals surface area (Å²) >= 11 is 9.72. The van der Waals surface area contributed by atoms with Crippen molar-refractivity contribution in [1.82, 2.24) is 0 Å². The molecule has 3 rings (SSSR count). The number of anilines is 2. The van der Waals surface area contributed by atoms with Gasteiger partial charge in [-0.25, -0.2) is 0 Å². The van der Waals surface area contributed by atoms with E-state index in [0.717, 1.165) is 34.8 Å². The first kappa shape index (κ1) is 14.7. The monoisotopic (exact) mass is 364 g/mol. The van der Waals surface area contributed by atoms with Gasteiger partial charge in [-0.1, -0.05) is 45.7 Å². The molecular weight excluding hydrogens is 348 g/mol. The molecule has 0 radical (unpaired) electrons. The number of rotatable bonds is 4. The van der Waals surface area contributed by atoms with Gasteiger partial charge in [0.15, 0.2) is 0 Å². The summed E-state index contributed by atoms with van der Waals surface area (Å²) in [5.41, 5.74) is 3.62. The lowest BCUT2D eigenvalue weighted by Gasteiger charge is -2.22. The van der Waals surface area contributed by atoms with Crippen LogP contribution in [0.15, 0.2) is 46.9 Å². The number of hydrogen-bond acceptors (Lipinski definition) is 2. The summed E-state index contributed by atoms with van der Waals surface area (Å²) in [4.78, 5) is 2.47. The average molecular weight is 366 g/mol. The van der Waals surface area contributed by atoms with Crippen molar-refractivity contribution < 1.29 is 0 Å². The van der Waals surface area contributed by atoms with Gasteiger partial charge in [0.25, 0.3) is 0 Å². The number of nitrogens with one attached hydrogen (secondary N) is 1. The molecule has 1 aliphatic heterocycles. The van der Waals surface area contributed by atoms with E-state index in [1.54, 1.807) is 0 Å². The Bertz CT molecular complexity index is 624. The van der Waals surface area contributed by atoms with Crippen LogP contribution in [0.4, 0.5) is 11.4 Å². The summed E-state index contributed by atoms with van der Waals surface area (Å²) in [6, 6.07) is 14.5. The van der Waals surface area contributed by atoms with Crippen molar-refractivity contribution >= 4 is 38.9 Å². The van der Waals surface area contributed by atoms with Gasteiger partial charge in [0.2, 0.25) is 0 Å². The van der Waals surface area contributed by atoms with Crippen molar-refractivity contribution in [3.63, 3.8) is 0 Å². The van der Waals surface area contributed by atoms with Crippen molar-refractivity contribution in [1.29, 1.82) is 0 Å². The second-order valence-electron chi connectivity index (χ2n) is 5.30. The van der Waals surface area contributed by atoms with Crippen molar-refractivity contribution in [2.24, 2.45) is 0 Å². The zero-order chi connectivity index (χ0) is 14.7. The number of nitrogens with zero attached hydrogens (tertiary/aromatic N) is 1. The van der Waals surface area contributed by atoms with Crippen LogP contribution < -0.4 is 10.2 Å². The van der Waals surface area contributed by atoms with Crippen LogP contribution in [0.25, 0.3) is 0 Å². The molecule has 21 heavy (non-hydrogen) atoms. The van der Waals surface area contributed by atoms with Gasteiger partial charge >= 0.3 is 0 Å². The van der Waals surface area contributed by atoms with E-state index < -0.39 is 0 Å². The SMILES string of the molecule is Clc1ccc(Br)cc1NCc1ccccc1N1CCCC1. The van der Waals surface area contributed by atoms with Crippen LogP contribution in [0.5, 0.6) is 0 Å². The minimum Gasteiger partial charge on any atom is -0.380 e. The molecule has 0 aromatic heterocycles. The summed E-state index contributed by atoms with van der Waals surface area (Å²) in [5.74, 6) is 0. The molecule has 0 bridgehead atoms. The molecule has 1 heterocycles. The fourth-order valence-corrected chi connectivity index (χ4v) is 3.30. The van der Waals surface area contributed by atoms with Crippen LogP contribution in [0.3, 0.4) is 0 Å². The fourth-order valence-electron chi connectivity index (χ4n) is 2.75. The van der Waals surface area contributed by atoms with Crippen molar-refractivity contribution in [3.8, 4) is 0 Å². The number of para-hydroxylation sites is 1. The minimum atomic E-state index is 0.747. The number of hydrogen-bond donors (Lipinski definition) is 1. The van der Waals surface area contributed by atoms with Crippen LogP contribution in [0.2, 0.25) is 5.02 Å². The zero-order valence-electron chi connectivity index (χ0n) is 11.8. The molecule has 1 N–H and O–H groups in total. The summed E-state index contributed by atoms with van der Waals surface area (Å²) < 4.78 is 1.03. The van der Waals surface area contributed by atoms with E-state index in [2.05, 4.69) is 50.4 Å². The first-order valence-electron chi connectivity index (χ1n) is 7.26. The number of halogens is 2. The Hall–Kier alpha value is -1.19. The highest BCUT2D eigenvalue weighted by molar-refractivity contribution is 9.10. The molecule has 2 aromatic carbocycles. The first-order chi connectivity index (χ1) is 10.2. The Morgan fingerprint density at radius 2 is 1.86 bits per heavy atom. The maximum Gasteiger partial charge on any atom is 0.0638 e. The topological polar surface area (TPSA) is 15.3 Å². The van der Waals surface area contributed by atoms with Crippen LogP contribution in [-0.2, 0) is 6.54 Å². The summed E-state index contributed by atoms with van der Waals surface area (Å²) in [7, 11) is 0. The molecule has 4 heteroatoms. The van der Waals surface area contributed by atoms with Crippen LogP contribution in [-0.4, -0.2) is 13.1 Å². The van der Waals surface area contributed by atoms with Gasteiger partial charge < -0.3 is 10.2 Å². The molecule has 0 amide bonds. The molecule has 2 nitrogen and oxygen atoms in total. The van der Waals surface area contributed by atoms with Gasteiger partial charge in [-0.05, 0) is 42.7 Å². The normalized spacial score (nSPS) is 14.5. The lowest BCUT2D eigenvalue weighted by atomic mass is 10.1. The fraction of sp³-hybridized carbons (Fsp3) is 0.294. The quantitative estimate of drug-likeness (QED) is 0.789. The largest absolute Gasteiger partial charge is 0.380 e. The first-order valence-corrected chi connectivity index (χ1v) is 8.43. The van der Waals surface area contributed by atoms with Crippen LogP contribution >= 0.6 is 27.5 Å². The van der Waals surface area contributed by atoms with Crippen molar-refractivity contribution in [2.75, 3.05) is 23.3 Å². The van der Waals surface area contributed by atoms with Gasteiger partial charge in [0.1, 0.15) is 0 Å². The van der Waals surface area contributed by atoms with E-state index in [9.17, 15) is 0 Å². The van der Waals surface area contributed by atoms with Gasteiger partial charge in [-0.2, -0.15) is 0 Å². The van der Waals surface area contributed by atoms with Crippen LogP contribution in [0, 0.1) is 0 Å². The van der Waals surface area contributed by atoms with Gasteiger partial charge in [0, 0.05) is 29.8 Å². The summed E-state index contributed by atoms with van der Waals surface area (Å²) in [5, 5.41) is 4.19. The van der Waals surface area contributed by atoms with Gasteiger partial charge in [-0.3, -0.25) is 0 Å². The standard InChI is InChI=1S/C17H18BrClN2/c18-14-7-8-15(19)16(11-14)20-12-13-5-1-2-6-17(13)21-9-3-4-10-21/h1-2,5-8,11,20H,3-4,9-10,12H2. The highest BCUT2D eigenvalue weighted by Gasteiger charge is 2.15. The van der Waals surface area contributed by atoms with E-state index in [1.807, 2.05) is 18.2 Å². The second kappa shape index (κ2) is 6.71. The van der Waals surface area contributed by atoms with Crippen molar-refractivity contribution in [3.05, 3.63) is 57.5 Å². The lowest BCUT2D eigenvalue weighted by molar-refractivity contribution is 0.949. The van der Waals surface area contributed by atoms with E-state index in [0.29, 0.717) is 0 Å². The summed E-state index contributed by atoms with van der Waals surface area (Å²) in [6.45, 7) is 3.10. The maximum absolute atomic E-state index is 6.24. The smallest absolute Gasteiger partial charge is 0.0638 e. The van der Waals surface area contributed by atoms with Gasteiger partial charge in [0.05, 0.1) is 10.7 Å². The molecule has 1 saturated heterocycles. The van der Waals surface area contributed by atoms with E-state index in [1.165, 1.54) is 24.1 Å². The molecule has 2 aromatic rings. The molecule has 1 aliphatic rings. The molecule has 0 atom stereocenters. The Kier molecular flexibility index (Phi) is 4.71. The molecular formula is C17H18BrClN2. The Labute approximate surface area is 139 Å². The van der Waals surface area contributed by atoms with Crippen LogP contribution in [0.1, 0.15) is 18.4 Å². The second-order valence-corrected chi connectivity index (χ2v) is 6.62. The maximum atomic E-state index is 6.24. The lowest BCUT2D eigenvalue weighted by Crippen LogP contribution is -2.19. The highest BCUT2D eigenvalue weighted by atomic mass is 79.9. The predicted octanol–water partition coefficient (Wildman–Crippen LogP) is 5.31. The molecule has 0 saturated carbocycles. The summed E-state index contributed by atoms with van der Waals surface area (Å²) in [6.07, 6.45) is 2.58. The molecule has 0 spiro atoms. The van der Waals surface area contributed by atoms with E-state index >= 15 is 0 Å².